The summed E-state index contributed by atoms with van der Waals surface area (Å²) in [5, 5.41) is 6.01. The second-order valence-electron chi connectivity index (χ2n) is 9.24. The van der Waals surface area contributed by atoms with Crippen molar-refractivity contribution < 1.29 is 28.7 Å². The Kier molecular flexibility index (Phi) is 8.17. The highest BCUT2D eigenvalue weighted by atomic mass is 31.2. The second kappa shape index (κ2) is 10.7. The molecular formula is C23H33N4O6P. The van der Waals surface area contributed by atoms with Gasteiger partial charge in [-0.25, -0.2) is 0 Å². The second-order valence-corrected chi connectivity index (χ2v) is 11.0. The molecule has 0 bridgehead atoms. The zero-order chi connectivity index (χ0) is 25.0. The molecule has 0 unspecified atom stereocenters. The van der Waals surface area contributed by atoms with Gasteiger partial charge in [-0.3, -0.25) is 18.9 Å². The Labute approximate surface area is 198 Å². The molecule has 2 heterocycles. The van der Waals surface area contributed by atoms with Gasteiger partial charge in [-0.1, -0.05) is 32.0 Å². The first-order chi connectivity index (χ1) is 16.0. The molecule has 1 saturated heterocycles. The minimum atomic E-state index is -4.71. The van der Waals surface area contributed by atoms with E-state index in [1.54, 1.807) is 6.20 Å². The fourth-order valence-corrected chi connectivity index (χ4v) is 5.14. The van der Waals surface area contributed by atoms with Crippen LogP contribution >= 0.6 is 7.60 Å². The van der Waals surface area contributed by atoms with Gasteiger partial charge in [0.2, 0.25) is 17.7 Å². The van der Waals surface area contributed by atoms with E-state index in [2.05, 4.69) is 15.6 Å². The number of carbonyl (C=O) groups is 3. The molecule has 5 N–H and O–H groups in total. The predicted molar refractivity (Wildman–Crippen MR) is 128 cm³/mol. The SMILES string of the molecule is CC(=O)N1CCC[C@@H]1C(=O)N[C@@H](CC(C)C)C(=O)N[C@@H](Cc1c[nH]c2ccccc12)P(=O)(O)O. The molecule has 0 saturated carbocycles. The summed E-state index contributed by atoms with van der Waals surface area (Å²) in [5.41, 5.74) is 1.49. The highest BCUT2D eigenvalue weighted by Crippen LogP contribution is 2.42. The number of amides is 3. The zero-order valence-corrected chi connectivity index (χ0v) is 20.5. The lowest BCUT2D eigenvalue weighted by molar-refractivity contribution is -0.138. The van der Waals surface area contributed by atoms with E-state index in [0.717, 1.165) is 10.9 Å². The van der Waals surface area contributed by atoms with Gasteiger partial charge in [-0.2, -0.15) is 0 Å². The minimum absolute atomic E-state index is 0.0330. The lowest BCUT2D eigenvalue weighted by Crippen LogP contribution is -2.54. The molecule has 3 atom stereocenters. The third kappa shape index (κ3) is 6.25. The van der Waals surface area contributed by atoms with Crippen LogP contribution in [0.5, 0.6) is 0 Å². The summed E-state index contributed by atoms with van der Waals surface area (Å²) in [7, 11) is -4.71. The van der Waals surface area contributed by atoms with Crippen LogP contribution < -0.4 is 10.6 Å². The Bertz CT molecular complexity index is 1090. The molecule has 2 aromatic rings. The average molecular weight is 493 g/mol. The monoisotopic (exact) mass is 492 g/mol. The number of rotatable bonds is 9. The Morgan fingerprint density at radius 1 is 1.21 bits per heavy atom. The predicted octanol–water partition coefficient (Wildman–Crippen LogP) is 1.87. The van der Waals surface area contributed by atoms with Gasteiger partial charge in [-0.05, 0) is 36.8 Å². The Hall–Kier alpha value is -2.68. The first kappa shape index (κ1) is 25.9. The van der Waals surface area contributed by atoms with Gasteiger partial charge in [0.1, 0.15) is 17.9 Å². The largest absolute Gasteiger partial charge is 0.361 e. The standard InChI is InChI=1S/C23H33N4O6P/c1-14(2)11-19(25-23(30)20-9-6-10-27(20)15(3)28)22(29)26-21(34(31,32)33)12-16-13-24-18-8-5-4-7-17(16)18/h4-5,7-8,13-14,19-21,24H,6,9-12H2,1-3H3,(H,25,30)(H,26,29)(H2,31,32,33)/t19-,20+,21+/m0/s1. The molecule has 3 amide bonds. The van der Waals surface area contributed by atoms with E-state index < -0.39 is 37.3 Å². The van der Waals surface area contributed by atoms with Gasteiger partial charge in [0.25, 0.3) is 0 Å². The maximum Gasteiger partial charge on any atom is 0.347 e. The molecular weight excluding hydrogens is 459 g/mol. The molecule has 11 heteroatoms. The number of benzene rings is 1. The van der Waals surface area contributed by atoms with Crippen LogP contribution in [0.3, 0.4) is 0 Å². The summed E-state index contributed by atoms with van der Waals surface area (Å²) in [5.74, 6) is -2.72. The maximum absolute atomic E-state index is 13.1. The molecule has 0 aliphatic carbocycles. The van der Waals surface area contributed by atoms with Crippen LogP contribution in [0.15, 0.2) is 30.5 Å². The number of carbonyl (C=O) groups excluding carboxylic acids is 3. The number of para-hydroxylation sites is 1. The van der Waals surface area contributed by atoms with Crippen molar-refractivity contribution in [2.75, 3.05) is 6.54 Å². The molecule has 0 radical (unpaired) electrons. The van der Waals surface area contributed by atoms with Crippen LogP contribution in [-0.2, 0) is 25.4 Å². The van der Waals surface area contributed by atoms with Crippen molar-refractivity contribution in [3.05, 3.63) is 36.0 Å². The Morgan fingerprint density at radius 3 is 2.56 bits per heavy atom. The van der Waals surface area contributed by atoms with E-state index in [1.807, 2.05) is 38.1 Å². The number of nitrogens with one attached hydrogen (secondary N) is 3. The number of hydrogen-bond acceptors (Lipinski definition) is 4. The van der Waals surface area contributed by atoms with E-state index in [9.17, 15) is 28.7 Å². The van der Waals surface area contributed by atoms with Crippen LogP contribution in [0.4, 0.5) is 0 Å². The van der Waals surface area contributed by atoms with Crippen molar-refractivity contribution in [2.45, 2.75) is 64.3 Å². The lowest BCUT2D eigenvalue weighted by Gasteiger charge is -2.28. The van der Waals surface area contributed by atoms with E-state index in [4.69, 9.17) is 0 Å². The number of H-pyrrole nitrogens is 1. The van der Waals surface area contributed by atoms with Gasteiger partial charge in [0.05, 0.1) is 0 Å². The normalized spacial score (nSPS) is 18.2. The summed E-state index contributed by atoms with van der Waals surface area (Å²) in [4.78, 5) is 62.3. The van der Waals surface area contributed by atoms with Crippen molar-refractivity contribution in [3.63, 3.8) is 0 Å². The fraction of sp³-hybridized carbons (Fsp3) is 0.522. The quantitative estimate of drug-likeness (QED) is 0.337. The van der Waals surface area contributed by atoms with Crippen LogP contribution in [0, 0.1) is 5.92 Å². The summed E-state index contributed by atoms with van der Waals surface area (Å²) in [6.07, 6.45) is 3.08. The molecule has 1 aromatic carbocycles. The smallest absolute Gasteiger partial charge is 0.347 e. The summed E-state index contributed by atoms with van der Waals surface area (Å²) in [6, 6.07) is 5.73. The molecule has 1 aliphatic heterocycles. The number of aromatic nitrogens is 1. The van der Waals surface area contributed by atoms with Gasteiger partial charge in [0, 0.05) is 37.0 Å². The summed E-state index contributed by atoms with van der Waals surface area (Å²) >= 11 is 0. The van der Waals surface area contributed by atoms with E-state index in [0.29, 0.717) is 24.9 Å². The van der Waals surface area contributed by atoms with Crippen LogP contribution in [-0.4, -0.2) is 61.8 Å². The lowest BCUT2D eigenvalue weighted by atomic mass is 10.0. The molecule has 0 spiro atoms. The minimum Gasteiger partial charge on any atom is -0.361 e. The topological polar surface area (TPSA) is 152 Å². The molecule has 1 fully saturated rings. The molecule has 1 aliphatic rings. The number of likely N-dealkylation sites (tertiary alicyclic amines) is 1. The number of fused-ring (bicyclic) bond motifs is 1. The third-order valence-corrected chi connectivity index (χ3v) is 7.23. The highest BCUT2D eigenvalue weighted by Gasteiger charge is 2.37. The van der Waals surface area contributed by atoms with Crippen molar-refractivity contribution in [1.29, 1.82) is 0 Å². The maximum atomic E-state index is 13.1. The van der Waals surface area contributed by atoms with Gasteiger partial charge in [0.15, 0.2) is 0 Å². The van der Waals surface area contributed by atoms with Crippen LogP contribution in [0.2, 0.25) is 0 Å². The molecule has 34 heavy (non-hydrogen) atoms. The van der Waals surface area contributed by atoms with E-state index >= 15 is 0 Å². The average Bonchev–Trinajstić information content (AvgIpc) is 3.39. The van der Waals surface area contributed by atoms with Gasteiger partial charge >= 0.3 is 7.60 Å². The van der Waals surface area contributed by atoms with Crippen molar-refractivity contribution in [1.82, 2.24) is 20.5 Å². The summed E-state index contributed by atoms with van der Waals surface area (Å²) < 4.78 is 12.3. The van der Waals surface area contributed by atoms with Gasteiger partial charge in [-0.15, -0.1) is 0 Å². The Balaban J connectivity index is 1.76. The molecule has 186 valence electrons. The van der Waals surface area contributed by atoms with E-state index in [1.165, 1.54) is 11.8 Å². The number of hydrogen-bond donors (Lipinski definition) is 5. The van der Waals surface area contributed by atoms with Crippen molar-refractivity contribution in [3.8, 4) is 0 Å². The first-order valence-electron chi connectivity index (χ1n) is 11.5. The highest BCUT2D eigenvalue weighted by molar-refractivity contribution is 7.52. The fourth-order valence-electron chi connectivity index (χ4n) is 4.41. The Morgan fingerprint density at radius 2 is 1.91 bits per heavy atom. The van der Waals surface area contributed by atoms with Crippen LogP contribution in [0.25, 0.3) is 10.9 Å². The summed E-state index contributed by atoms with van der Waals surface area (Å²) in [6.45, 7) is 5.66. The van der Waals surface area contributed by atoms with Gasteiger partial charge < -0.3 is 30.3 Å². The number of nitrogens with zero attached hydrogens (tertiary/aromatic N) is 1. The molecule has 3 rings (SSSR count). The third-order valence-electron chi connectivity index (χ3n) is 6.10. The zero-order valence-electron chi connectivity index (χ0n) is 19.7. The molecule has 10 nitrogen and oxygen atoms in total. The van der Waals surface area contributed by atoms with Crippen molar-refractivity contribution in [2.24, 2.45) is 5.92 Å². The first-order valence-corrected chi connectivity index (χ1v) is 13.1. The number of aromatic amines is 1. The van der Waals surface area contributed by atoms with E-state index in [-0.39, 0.29) is 24.7 Å². The van der Waals surface area contributed by atoms with Crippen LogP contribution in [0.1, 0.15) is 45.6 Å². The molecule has 1 aromatic heterocycles. The van der Waals surface area contributed by atoms with Crippen molar-refractivity contribution >= 4 is 36.2 Å².